The summed E-state index contributed by atoms with van der Waals surface area (Å²) in [5.41, 5.74) is 0. The molecule has 6 heteroatoms. The van der Waals surface area contributed by atoms with E-state index in [1.54, 1.807) is 4.90 Å². The first kappa shape index (κ1) is 12.4. The van der Waals surface area contributed by atoms with Gasteiger partial charge in [0, 0.05) is 19.0 Å². The van der Waals surface area contributed by atoms with E-state index >= 15 is 0 Å². The van der Waals surface area contributed by atoms with Gasteiger partial charge < -0.3 is 4.90 Å². The predicted molar refractivity (Wildman–Crippen MR) is 61.4 cm³/mol. The van der Waals surface area contributed by atoms with Crippen molar-refractivity contribution in [2.24, 2.45) is 0 Å². The van der Waals surface area contributed by atoms with Crippen LogP contribution in [0.2, 0.25) is 0 Å². The summed E-state index contributed by atoms with van der Waals surface area (Å²) >= 11 is 6.78. The fourth-order valence-corrected chi connectivity index (χ4v) is 1.87. The van der Waals surface area contributed by atoms with Gasteiger partial charge in [0.15, 0.2) is 0 Å². The van der Waals surface area contributed by atoms with Crippen LogP contribution in [0.3, 0.4) is 0 Å². The van der Waals surface area contributed by atoms with Crippen molar-refractivity contribution in [3.8, 4) is 0 Å². The van der Waals surface area contributed by atoms with E-state index in [2.05, 4.69) is 16.5 Å². The van der Waals surface area contributed by atoms with Crippen LogP contribution < -0.4 is 0 Å². The van der Waals surface area contributed by atoms with Gasteiger partial charge in [0.1, 0.15) is 4.88 Å². The van der Waals surface area contributed by atoms with Gasteiger partial charge in [0.25, 0.3) is 5.91 Å². The van der Waals surface area contributed by atoms with Gasteiger partial charge in [-0.1, -0.05) is 17.8 Å². The van der Waals surface area contributed by atoms with Crippen molar-refractivity contribution >= 4 is 29.0 Å². The Morgan fingerprint density at radius 3 is 2.93 bits per heavy atom. The number of aromatic nitrogens is 2. The molecule has 0 saturated carbocycles. The van der Waals surface area contributed by atoms with Crippen LogP contribution in [0.4, 0.5) is 0 Å². The third kappa shape index (κ3) is 3.76. The second-order valence-electron chi connectivity index (χ2n) is 3.12. The SMILES string of the molecule is CCCCN(CCCl)C(=O)c1cnns1. The molecule has 0 radical (unpaired) electrons. The molecule has 4 nitrogen and oxygen atoms in total. The molecule has 0 N–H and O–H groups in total. The number of nitrogens with zero attached hydrogens (tertiary/aromatic N) is 3. The second kappa shape index (κ2) is 6.74. The van der Waals surface area contributed by atoms with Crippen LogP contribution in [0, 0.1) is 0 Å². The zero-order valence-corrected chi connectivity index (χ0v) is 10.2. The molecule has 0 aliphatic carbocycles. The molecule has 84 valence electrons. The minimum absolute atomic E-state index is 0.0147. The van der Waals surface area contributed by atoms with E-state index in [9.17, 15) is 4.79 Å². The Morgan fingerprint density at radius 2 is 2.40 bits per heavy atom. The van der Waals surface area contributed by atoms with Crippen LogP contribution in [0.25, 0.3) is 0 Å². The van der Waals surface area contributed by atoms with Crippen LogP contribution in [0.15, 0.2) is 6.20 Å². The average Bonchev–Trinajstić information content (AvgIpc) is 2.76. The first-order valence-electron chi connectivity index (χ1n) is 4.92. The van der Waals surface area contributed by atoms with Crippen LogP contribution >= 0.6 is 23.1 Å². The fourth-order valence-electron chi connectivity index (χ4n) is 1.18. The Morgan fingerprint density at radius 1 is 1.60 bits per heavy atom. The second-order valence-corrected chi connectivity index (χ2v) is 4.28. The summed E-state index contributed by atoms with van der Waals surface area (Å²) in [6.07, 6.45) is 3.56. The topological polar surface area (TPSA) is 46.1 Å². The monoisotopic (exact) mass is 247 g/mol. The third-order valence-electron chi connectivity index (χ3n) is 2.00. The Balaban J connectivity index is 2.58. The summed E-state index contributed by atoms with van der Waals surface area (Å²) < 4.78 is 3.68. The summed E-state index contributed by atoms with van der Waals surface area (Å²) in [4.78, 5) is 14.2. The van der Waals surface area contributed by atoms with Crippen molar-refractivity contribution in [2.45, 2.75) is 19.8 Å². The quantitative estimate of drug-likeness (QED) is 0.723. The van der Waals surface area contributed by atoms with Gasteiger partial charge in [-0.25, -0.2) is 0 Å². The lowest BCUT2D eigenvalue weighted by molar-refractivity contribution is 0.0768. The Bertz CT molecular complexity index is 292. The maximum Gasteiger partial charge on any atom is 0.267 e. The molecule has 1 amide bonds. The molecule has 1 aromatic heterocycles. The first-order valence-corrected chi connectivity index (χ1v) is 6.23. The highest BCUT2D eigenvalue weighted by molar-refractivity contribution is 7.07. The van der Waals surface area contributed by atoms with Gasteiger partial charge in [-0.15, -0.1) is 16.7 Å². The lowest BCUT2D eigenvalue weighted by Crippen LogP contribution is -2.33. The number of carbonyl (C=O) groups is 1. The van der Waals surface area contributed by atoms with Crippen LogP contribution in [-0.4, -0.2) is 39.4 Å². The summed E-state index contributed by atoms with van der Waals surface area (Å²) in [5, 5.41) is 3.65. The van der Waals surface area contributed by atoms with Crippen molar-refractivity contribution in [2.75, 3.05) is 19.0 Å². The third-order valence-corrected chi connectivity index (χ3v) is 2.82. The predicted octanol–water partition coefficient (Wildman–Crippen LogP) is 2.02. The Hall–Kier alpha value is -0.680. The molecule has 1 heterocycles. The molecular weight excluding hydrogens is 234 g/mol. The Kier molecular flexibility index (Phi) is 5.57. The van der Waals surface area contributed by atoms with E-state index in [-0.39, 0.29) is 5.91 Å². The molecule has 15 heavy (non-hydrogen) atoms. The average molecular weight is 248 g/mol. The molecular formula is C9H14ClN3OS. The standard InChI is InChI=1S/C9H14ClN3OS/c1-2-3-5-13(6-4-10)9(14)8-7-11-12-15-8/h7H,2-6H2,1H3. The zero-order chi connectivity index (χ0) is 11.1. The smallest absolute Gasteiger partial charge is 0.267 e. The number of hydrogen-bond donors (Lipinski definition) is 0. The van der Waals surface area contributed by atoms with Crippen LogP contribution in [-0.2, 0) is 0 Å². The highest BCUT2D eigenvalue weighted by Gasteiger charge is 2.16. The molecule has 0 aliphatic rings. The van der Waals surface area contributed by atoms with Crippen LogP contribution in [0.5, 0.6) is 0 Å². The summed E-state index contributed by atoms with van der Waals surface area (Å²) in [5.74, 6) is 0.445. The van der Waals surface area contributed by atoms with Gasteiger partial charge in [-0.05, 0) is 18.0 Å². The molecule has 0 bridgehead atoms. The van der Waals surface area contributed by atoms with E-state index in [4.69, 9.17) is 11.6 Å². The van der Waals surface area contributed by atoms with Gasteiger partial charge in [0.2, 0.25) is 0 Å². The van der Waals surface area contributed by atoms with Gasteiger partial charge >= 0.3 is 0 Å². The number of amides is 1. The number of rotatable bonds is 6. The maximum absolute atomic E-state index is 11.9. The molecule has 0 unspecified atom stereocenters. The molecule has 1 aromatic rings. The summed E-state index contributed by atoms with van der Waals surface area (Å²) in [6.45, 7) is 3.43. The van der Waals surface area contributed by atoms with E-state index < -0.39 is 0 Å². The van der Waals surface area contributed by atoms with E-state index in [1.165, 1.54) is 6.20 Å². The normalized spacial score (nSPS) is 10.3. The van der Waals surface area contributed by atoms with Gasteiger partial charge in [0.05, 0.1) is 6.20 Å². The molecule has 0 aliphatic heterocycles. The lowest BCUT2D eigenvalue weighted by Gasteiger charge is -2.20. The minimum Gasteiger partial charge on any atom is -0.337 e. The molecule has 1 rings (SSSR count). The molecule has 0 aromatic carbocycles. The van der Waals surface area contributed by atoms with Crippen molar-refractivity contribution in [3.63, 3.8) is 0 Å². The van der Waals surface area contributed by atoms with E-state index in [1.807, 2.05) is 0 Å². The van der Waals surface area contributed by atoms with Gasteiger partial charge in [-0.2, -0.15) is 0 Å². The number of carbonyl (C=O) groups excluding carboxylic acids is 1. The lowest BCUT2D eigenvalue weighted by atomic mass is 10.3. The molecule has 0 saturated heterocycles. The van der Waals surface area contributed by atoms with E-state index in [0.717, 1.165) is 30.9 Å². The number of halogens is 1. The maximum atomic E-state index is 11.9. The molecule has 0 fully saturated rings. The number of unbranched alkanes of at least 4 members (excludes halogenated alkanes) is 1. The zero-order valence-electron chi connectivity index (χ0n) is 8.65. The first-order chi connectivity index (χ1) is 7.29. The van der Waals surface area contributed by atoms with Crippen molar-refractivity contribution in [3.05, 3.63) is 11.1 Å². The summed E-state index contributed by atoms with van der Waals surface area (Å²) in [6, 6.07) is 0. The Labute approximate surface area is 98.4 Å². The van der Waals surface area contributed by atoms with Crippen molar-refractivity contribution < 1.29 is 4.79 Å². The fraction of sp³-hybridized carbons (Fsp3) is 0.667. The summed E-state index contributed by atoms with van der Waals surface area (Å²) in [7, 11) is 0. The van der Waals surface area contributed by atoms with E-state index in [0.29, 0.717) is 17.3 Å². The number of hydrogen-bond acceptors (Lipinski definition) is 4. The minimum atomic E-state index is -0.0147. The van der Waals surface area contributed by atoms with Crippen LogP contribution in [0.1, 0.15) is 29.4 Å². The van der Waals surface area contributed by atoms with Gasteiger partial charge in [-0.3, -0.25) is 4.79 Å². The largest absolute Gasteiger partial charge is 0.337 e. The highest BCUT2D eigenvalue weighted by atomic mass is 35.5. The molecule has 0 spiro atoms. The number of alkyl halides is 1. The molecule has 0 atom stereocenters. The van der Waals surface area contributed by atoms with Crippen molar-refractivity contribution in [1.29, 1.82) is 0 Å². The highest BCUT2D eigenvalue weighted by Crippen LogP contribution is 2.08. The van der Waals surface area contributed by atoms with Crippen molar-refractivity contribution in [1.82, 2.24) is 14.5 Å².